The number of hydrogen-bond acceptors (Lipinski definition) is 4. The molecule has 1 unspecified atom stereocenters. The van der Waals surface area contributed by atoms with E-state index in [1.807, 2.05) is 6.92 Å². The Kier molecular flexibility index (Phi) is 7.85. The van der Waals surface area contributed by atoms with Crippen LogP contribution in [-0.2, 0) is 6.54 Å². The van der Waals surface area contributed by atoms with E-state index in [0.717, 1.165) is 31.6 Å². The second-order valence-electron chi connectivity index (χ2n) is 5.15. The van der Waals surface area contributed by atoms with Crippen molar-refractivity contribution in [3.05, 3.63) is 23.8 Å². The summed E-state index contributed by atoms with van der Waals surface area (Å²) in [6, 6.07) is 5.64. The minimum Gasteiger partial charge on any atom is -0.490 e. The van der Waals surface area contributed by atoms with E-state index in [4.69, 9.17) is 4.74 Å². The van der Waals surface area contributed by atoms with Crippen LogP contribution in [0, 0.1) is 0 Å². The van der Waals surface area contributed by atoms with Gasteiger partial charge in [0.1, 0.15) is 0 Å². The van der Waals surface area contributed by atoms with Gasteiger partial charge in [0.25, 0.3) is 0 Å². The van der Waals surface area contributed by atoms with E-state index in [-0.39, 0.29) is 18.2 Å². The van der Waals surface area contributed by atoms with Crippen molar-refractivity contribution in [2.75, 3.05) is 26.7 Å². The average molecular weight is 337 g/mol. The fourth-order valence-corrected chi connectivity index (χ4v) is 2.55. The van der Waals surface area contributed by atoms with E-state index < -0.39 is 6.61 Å². The Balaban J connectivity index is 0.00000242. The van der Waals surface area contributed by atoms with Gasteiger partial charge in [-0.1, -0.05) is 6.07 Å². The van der Waals surface area contributed by atoms with Gasteiger partial charge in [-0.25, -0.2) is 0 Å². The summed E-state index contributed by atoms with van der Waals surface area (Å²) >= 11 is 0. The Bertz CT molecular complexity index is 457. The second kappa shape index (κ2) is 9.12. The predicted molar refractivity (Wildman–Crippen MR) is 84.2 cm³/mol. The molecular formula is C15H23ClF2N2O2. The zero-order valence-corrected chi connectivity index (χ0v) is 13.7. The summed E-state index contributed by atoms with van der Waals surface area (Å²) < 4.78 is 34.6. The molecule has 7 heteroatoms. The first kappa shape index (κ1) is 18.9. The van der Waals surface area contributed by atoms with Gasteiger partial charge in [0.15, 0.2) is 11.5 Å². The number of benzene rings is 1. The second-order valence-corrected chi connectivity index (χ2v) is 5.15. The standard InChI is InChI=1S/C15H22F2N2O2.ClH/c1-3-20-14-8-11(4-5-13(14)21-15(16)17)10-19(2)12-6-7-18-9-12;/h4-5,8,12,15,18H,3,6-7,9-10H2,1-2H3;1H. The number of nitrogens with zero attached hydrogens (tertiary/aromatic N) is 1. The van der Waals surface area contributed by atoms with Gasteiger partial charge in [0.05, 0.1) is 6.61 Å². The molecule has 126 valence electrons. The van der Waals surface area contributed by atoms with Crippen LogP contribution in [0.15, 0.2) is 18.2 Å². The van der Waals surface area contributed by atoms with Crippen LogP contribution in [0.5, 0.6) is 11.5 Å². The van der Waals surface area contributed by atoms with Crippen LogP contribution in [0.4, 0.5) is 8.78 Å². The molecule has 0 bridgehead atoms. The maximum atomic E-state index is 12.4. The summed E-state index contributed by atoms with van der Waals surface area (Å²) in [4.78, 5) is 2.26. The highest BCUT2D eigenvalue weighted by Crippen LogP contribution is 2.30. The molecule has 4 nitrogen and oxygen atoms in total. The summed E-state index contributed by atoms with van der Waals surface area (Å²) in [5.41, 5.74) is 1.02. The number of likely N-dealkylation sites (N-methyl/N-ethyl adjacent to an activating group) is 1. The van der Waals surface area contributed by atoms with Crippen LogP contribution >= 0.6 is 12.4 Å². The smallest absolute Gasteiger partial charge is 0.387 e. The number of nitrogens with one attached hydrogen (secondary N) is 1. The van der Waals surface area contributed by atoms with E-state index in [1.165, 1.54) is 0 Å². The maximum Gasteiger partial charge on any atom is 0.387 e. The zero-order chi connectivity index (χ0) is 15.2. The Morgan fingerprint density at radius 2 is 2.14 bits per heavy atom. The van der Waals surface area contributed by atoms with Gasteiger partial charge in [-0.2, -0.15) is 8.78 Å². The molecule has 1 aliphatic heterocycles. The molecular weight excluding hydrogens is 314 g/mol. The van der Waals surface area contributed by atoms with E-state index in [0.29, 0.717) is 18.4 Å². The minimum atomic E-state index is -2.85. The van der Waals surface area contributed by atoms with Crippen LogP contribution in [0.3, 0.4) is 0 Å². The van der Waals surface area contributed by atoms with Crippen molar-refractivity contribution in [2.45, 2.75) is 32.5 Å². The van der Waals surface area contributed by atoms with Gasteiger partial charge in [0, 0.05) is 19.1 Å². The third-order valence-corrected chi connectivity index (χ3v) is 3.61. The van der Waals surface area contributed by atoms with Gasteiger partial charge in [-0.3, -0.25) is 4.90 Å². The molecule has 1 N–H and O–H groups in total. The lowest BCUT2D eigenvalue weighted by Gasteiger charge is -2.24. The Hall–Kier alpha value is -1.11. The zero-order valence-electron chi connectivity index (χ0n) is 12.9. The van der Waals surface area contributed by atoms with Crippen LogP contribution in [0.25, 0.3) is 0 Å². The number of ether oxygens (including phenoxy) is 2. The molecule has 0 amide bonds. The third kappa shape index (κ3) is 5.26. The molecule has 1 aromatic carbocycles. The van der Waals surface area contributed by atoms with Crippen molar-refractivity contribution in [3.8, 4) is 11.5 Å². The Labute approximate surface area is 136 Å². The SMILES string of the molecule is CCOc1cc(CN(C)C2CCNC2)ccc1OC(F)F.Cl. The monoisotopic (exact) mass is 336 g/mol. The quantitative estimate of drug-likeness (QED) is 0.830. The van der Waals surface area contributed by atoms with Crippen molar-refractivity contribution in [1.82, 2.24) is 10.2 Å². The molecule has 0 saturated carbocycles. The normalized spacial score (nSPS) is 17.6. The van der Waals surface area contributed by atoms with Gasteiger partial charge in [0.2, 0.25) is 0 Å². The molecule has 2 rings (SSSR count). The van der Waals surface area contributed by atoms with Crippen molar-refractivity contribution >= 4 is 12.4 Å². The summed E-state index contributed by atoms with van der Waals surface area (Å²) in [7, 11) is 2.07. The summed E-state index contributed by atoms with van der Waals surface area (Å²) in [6.07, 6.45) is 1.13. The van der Waals surface area contributed by atoms with Crippen molar-refractivity contribution in [3.63, 3.8) is 0 Å². The van der Waals surface area contributed by atoms with Crippen LogP contribution in [0.2, 0.25) is 0 Å². The molecule has 0 aliphatic carbocycles. The van der Waals surface area contributed by atoms with Crippen molar-refractivity contribution in [2.24, 2.45) is 0 Å². The van der Waals surface area contributed by atoms with E-state index >= 15 is 0 Å². The molecule has 1 atom stereocenters. The topological polar surface area (TPSA) is 33.7 Å². The lowest BCUT2D eigenvalue weighted by atomic mass is 10.1. The minimum absolute atomic E-state index is 0. The van der Waals surface area contributed by atoms with Gasteiger partial charge < -0.3 is 14.8 Å². The van der Waals surface area contributed by atoms with Crippen molar-refractivity contribution in [1.29, 1.82) is 0 Å². The molecule has 22 heavy (non-hydrogen) atoms. The Morgan fingerprint density at radius 3 is 2.73 bits per heavy atom. The molecule has 0 spiro atoms. The largest absolute Gasteiger partial charge is 0.490 e. The maximum absolute atomic E-state index is 12.4. The highest BCUT2D eigenvalue weighted by Gasteiger charge is 2.19. The van der Waals surface area contributed by atoms with Gasteiger partial charge in [-0.15, -0.1) is 12.4 Å². The molecule has 1 aromatic rings. The molecule has 1 fully saturated rings. The predicted octanol–water partition coefficient (Wildman–Crippen LogP) is 2.90. The first-order valence-corrected chi connectivity index (χ1v) is 7.21. The summed E-state index contributed by atoms with van der Waals surface area (Å²) in [6.45, 7) is 2.16. The van der Waals surface area contributed by atoms with Gasteiger partial charge >= 0.3 is 6.61 Å². The Morgan fingerprint density at radius 1 is 1.36 bits per heavy atom. The molecule has 1 saturated heterocycles. The molecule has 1 heterocycles. The van der Waals surface area contributed by atoms with E-state index in [2.05, 4.69) is 22.0 Å². The molecule has 0 aromatic heterocycles. The van der Waals surface area contributed by atoms with Crippen LogP contribution in [-0.4, -0.2) is 44.3 Å². The first-order chi connectivity index (χ1) is 10.1. The fraction of sp³-hybridized carbons (Fsp3) is 0.600. The highest BCUT2D eigenvalue weighted by atomic mass is 35.5. The number of halogens is 3. The van der Waals surface area contributed by atoms with Crippen molar-refractivity contribution < 1.29 is 18.3 Å². The fourth-order valence-electron chi connectivity index (χ4n) is 2.55. The van der Waals surface area contributed by atoms with Gasteiger partial charge in [-0.05, 0) is 44.6 Å². The average Bonchev–Trinajstić information content (AvgIpc) is 2.95. The lowest BCUT2D eigenvalue weighted by Crippen LogP contribution is -2.32. The molecule has 0 radical (unpaired) electrons. The lowest BCUT2D eigenvalue weighted by molar-refractivity contribution is -0.0514. The molecule has 1 aliphatic rings. The summed E-state index contributed by atoms with van der Waals surface area (Å²) in [5, 5.41) is 3.33. The highest BCUT2D eigenvalue weighted by molar-refractivity contribution is 5.85. The van der Waals surface area contributed by atoms with Crippen LogP contribution in [0.1, 0.15) is 18.9 Å². The first-order valence-electron chi connectivity index (χ1n) is 7.21. The number of alkyl halides is 2. The third-order valence-electron chi connectivity index (χ3n) is 3.61. The van der Waals surface area contributed by atoms with Crippen LogP contribution < -0.4 is 14.8 Å². The van der Waals surface area contributed by atoms with E-state index in [9.17, 15) is 8.78 Å². The summed E-state index contributed by atoms with van der Waals surface area (Å²) in [5.74, 6) is 0.453. The van der Waals surface area contributed by atoms with E-state index in [1.54, 1.807) is 18.2 Å². The number of rotatable bonds is 7. The number of hydrogen-bond donors (Lipinski definition) is 1.